The van der Waals surface area contributed by atoms with Crippen LogP contribution >= 0.6 is 11.3 Å². The van der Waals surface area contributed by atoms with Gasteiger partial charge in [-0.05, 0) is 23.8 Å². The summed E-state index contributed by atoms with van der Waals surface area (Å²) in [7, 11) is 0. The van der Waals surface area contributed by atoms with Gasteiger partial charge in [0.05, 0.1) is 16.1 Å². The van der Waals surface area contributed by atoms with Crippen molar-refractivity contribution in [2.75, 3.05) is 0 Å². The van der Waals surface area contributed by atoms with Crippen LogP contribution in [0.4, 0.5) is 0 Å². The molecule has 0 atom stereocenters. The molecule has 0 saturated heterocycles. The Kier molecular flexibility index (Phi) is 2.93. The molecular formula is C15H11NO2S. The molecule has 19 heavy (non-hydrogen) atoms. The van der Waals surface area contributed by atoms with Crippen LogP contribution in [0.2, 0.25) is 0 Å². The molecule has 3 nitrogen and oxygen atoms in total. The summed E-state index contributed by atoms with van der Waals surface area (Å²) in [6, 6.07) is 14.7. The van der Waals surface area contributed by atoms with Gasteiger partial charge in [0.25, 0.3) is 0 Å². The van der Waals surface area contributed by atoms with E-state index < -0.39 is 0 Å². The minimum Gasteiger partial charge on any atom is -0.504 e. The van der Waals surface area contributed by atoms with E-state index >= 15 is 0 Å². The topological polar surface area (TPSA) is 53.4 Å². The molecule has 0 aliphatic rings. The first kappa shape index (κ1) is 11.7. The normalized spacial score (nSPS) is 10.5. The molecule has 0 unspecified atom stereocenters. The van der Waals surface area contributed by atoms with Gasteiger partial charge >= 0.3 is 0 Å². The lowest BCUT2D eigenvalue weighted by Crippen LogP contribution is -1.82. The quantitative estimate of drug-likeness (QED) is 0.694. The average molecular weight is 269 g/mol. The molecule has 4 heteroatoms. The van der Waals surface area contributed by atoms with Crippen molar-refractivity contribution in [3.63, 3.8) is 0 Å². The van der Waals surface area contributed by atoms with Crippen LogP contribution in [-0.2, 0) is 0 Å². The van der Waals surface area contributed by atoms with E-state index in [-0.39, 0.29) is 11.5 Å². The van der Waals surface area contributed by atoms with Gasteiger partial charge in [0.1, 0.15) is 0 Å². The molecule has 0 aliphatic carbocycles. The van der Waals surface area contributed by atoms with Gasteiger partial charge in [0.2, 0.25) is 0 Å². The van der Waals surface area contributed by atoms with Gasteiger partial charge in [-0.3, -0.25) is 0 Å². The van der Waals surface area contributed by atoms with Crippen molar-refractivity contribution in [2.45, 2.75) is 0 Å². The summed E-state index contributed by atoms with van der Waals surface area (Å²) >= 11 is 1.55. The number of aromatic hydroxyl groups is 2. The van der Waals surface area contributed by atoms with Crippen LogP contribution in [0, 0.1) is 0 Å². The molecule has 2 N–H and O–H groups in total. The first-order valence-electron chi connectivity index (χ1n) is 5.77. The summed E-state index contributed by atoms with van der Waals surface area (Å²) in [5.74, 6) is -0.259. The number of benzene rings is 2. The third kappa shape index (κ3) is 2.18. The van der Waals surface area contributed by atoms with Crippen LogP contribution in [0.15, 0.2) is 54.0 Å². The molecule has 0 radical (unpaired) electrons. The molecule has 3 rings (SSSR count). The summed E-state index contributed by atoms with van der Waals surface area (Å²) in [6.07, 6.45) is 0. The highest BCUT2D eigenvalue weighted by atomic mass is 32.1. The number of rotatable bonds is 2. The Hall–Kier alpha value is -2.33. The molecule has 0 bridgehead atoms. The minimum absolute atomic E-state index is 0.125. The van der Waals surface area contributed by atoms with Crippen molar-refractivity contribution in [1.82, 2.24) is 4.98 Å². The van der Waals surface area contributed by atoms with E-state index in [1.165, 1.54) is 12.1 Å². The first-order valence-corrected chi connectivity index (χ1v) is 6.65. The van der Waals surface area contributed by atoms with E-state index in [2.05, 4.69) is 4.98 Å². The van der Waals surface area contributed by atoms with Crippen molar-refractivity contribution in [3.8, 4) is 33.2 Å². The van der Waals surface area contributed by atoms with Crippen molar-refractivity contribution >= 4 is 11.3 Å². The average Bonchev–Trinajstić information content (AvgIpc) is 2.92. The summed E-state index contributed by atoms with van der Waals surface area (Å²) in [5, 5.41) is 18.9. The van der Waals surface area contributed by atoms with Crippen molar-refractivity contribution in [2.24, 2.45) is 0 Å². The SMILES string of the molecule is Oc1ccc(-c2ncsc2-c2ccccc2)cc1O. The third-order valence-corrected chi connectivity index (χ3v) is 3.73. The second kappa shape index (κ2) is 4.74. The Balaban J connectivity index is 2.12. The summed E-state index contributed by atoms with van der Waals surface area (Å²) in [6.45, 7) is 0. The second-order valence-electron chi connectivity index (χ2n) is 4.10. The Morgan fingerprint density at radius 3 is 2.37 bits per heavy atom. The maximum absolute atomic E-state index is 9.59. The Morgan fingerprint density at radius 1 is 0.842 bits per heavy atom. The molecular weight excluding hydrogens is 258 g/mol. The van der Waals surface area contributed by atoms with Crippen LogP contribution in [0.1, 0.15) is 0 Å². The van der Waals surface area contributed by atoms with Crippen molar-refractivity contribution < 1.29 is 10.2 Å². The smallest absolute Gasteiger partial charge is 0.158 e. The van der Waals surface area contributed by atoms with Gasteiger partial charge in [-0.15, -0.1) is 11.3 Å². The van der Waals surface area contributed by atoms with Crippen LogP contribution in [0.5, 0.6) is 11.5 Å². The Morgan fingerprint density at radius 2 is 1.63 bits per heavy atom. The predicted octanol–water partition coefficient (Wildman–Crippen LogP) is 3.89. The van der Waals surface area contributed by atoms with Gasteiger partial charge in [-0.1, -0.05) is 30.3 Å². The number of nitrogens with zero attached hydrogens (tertiary/aromatic N) is 1. The number of hydrogen-bond acceptors (Lipinski definition) is 4. The van der Waals surface area contributed by atoms with E-state index in [1.807, 2.05) is 30.3 Å². The summed E-state index contributed by atoms with van der Waals surface area (Å²) < 4.78 is 0. The monoisotopic (exact) mass is 269 g/mol. The standard InChI is InChI=1S/C15H11NO2S/c17-12-7-6-11(8-13(12)18)14-15(19-9-16-14)10-4-2-1-3-5-10/h1-9,17-18H. The molecule has 0 fully saturated rings. The van der Waals surface area contributed by atoms with Crippen LogP contribution in [0.3, 0.4) is 0 Å². The molecule has 0 saturated carbocycles. The Labute approximate surface area is 114 Å². The highest BCUT2D eigenvalue weighted by Crippen LogP contribution is 2.37. The van der Waals surface area contributed by atoms with Gasteiger partial charge < -0.3 is 10.2 Å². The molecule has 0 amide bonds. The van der Waals surface area contributed by atoms with Crippen LogP contribution < -0.4 is 0 Å². The van der Waals surface area contributed by atoms with E-state index in [1.54, 1.807) is 22.9 Å². The fourth-order valence-electron chi connectivity index (χ4n) is 1.92. The number of aromatic nitrogens is 1. The zero-order valence-corrected chi connectivity index (χ0v) is 10.8. The molecule has 1 heterocycles. The van der Waals surface area contributed by atoms with E-state index in [4.69, 9.17) is 0 Å². The van der Waals surface area contributed by atoms with E-state index in [0.717, 1.165) is 21.7 Å². The largest absolute Gasteiger partial charge is 0.504 e. The van der Waals surface area contributed by atoms with E-state index in [9.17, 15) is 10.2 Å². The first-order chi connectivity index (χ1) is 9.25. The lowest BCUT2D eigenvalue weighted by molar-refractivity contribution is 0.404. The highest BCUT2D eigenvalue weighted by molar-refractivity contribution is 7.13. The summed E-state index contributed by atoms with van der Waals surface area (Å²) in [5.41, 5.74) is 4.47. The zero-order valence-electron chi connectivity index (χ0n) is 9.95. The van der Waals surface area contributed by atoms with Crippen molar-refractivity contribution in [3.05, 3.63) is 54.0 Å². The predicted molar refractivity (Wildman–Crippen MR) is 76.3 cm³/mol. The number of hydrogen-bond donors (Lipinski definition) is 2. The minimum atomic E-state index is -0.135. The molecule has 94 valence electrons. The summed E-state index contributed by atoms with van der Waals surface area (Å²) in [4.78, 5) is 5.41. The van der Waals surface area contributed by atoms with Crippen molar-refractivity contribution in [1.29, 1.82) is 0 Å². The van der Waals surface area contributed by atoms with Gasteiger partial charge in [-0.25, -0.2) is 4.98 Å². The molecule has 2 aromatic carbocycles. The fraction of sp³-hybridized carbons (Fsp3) is 0. The zero-order chi connectivity index (χ0) is 13.2. The van der Waals surface area contributed by atoms with Gasteiger partial charge in [0, 0.05) is 5.56 Å². The molecule has 0 spiro atoms. The maximum atomic E-state index is 9.59. The van der Waals surface area contributed by atoms with Crippen LogP contribution in [0.25, 0.3) is 21.7 Å². The van der Waals surface area contributed by atoms with Gasteiger partial charge in [-0.2, -0.15) is 0 Å². The number of thiazole rings is 1. The Bertz CT molecular complexity index is 707. The molecule has 1 aromatic heterocycles. The van der Waals surface area contributed by atoms with Crippen LogP contribution in [-0.4, -0.2) is 15.2 Å². The lowest BCUT2D eigenvalue weighted by Gasteiger charge is -2.04. The maximum Gasteiger partial charge on any atom is 0.158 e. The number of phenols is 2. The lowest BCUT2D eigenvalue weighted by atomic mass is 10.1. The molecule has 0 aliphatic heterocycles. The highest BCUT2D eigenvalue weighted by Gasteiger charge is 2.12. The molecule has 3 aromatic rings. The third-order valence-electron chi connectivity index (χ3n) is 2.85. The van der Waals surface area contributed by atoms with E-state index in [0.29, 0.717) is 0 Å². The fourth-order valence-corrected chi connectivity index (χ4v) is 2.73. The van der Waals surface area contributed by atoms with Gasteiger partial charge in [0.15, 0.2) is 11.5 Å². The second-order valence-corrected chi connectivity index (χ2v) is 4.95. The number of phenolic OH excluding ortho intramolecular Hbond substituents is 2.